The molecule has 2 fully saturated rings. The summed E-state index contributed by atoms with van der Waals surface area (Å²) in [5, 5.41) is 5.64. The first-order chi connectivity index (χ1) is 13.0. The molecule has 0 aliphatic carbocycles. The molecule has 8 heteroatoms. The molecule has 2 unspecified atom stereocenters. The van der Waals surface area contributed by atoms with E-state index in [2.05, 4.69) is 22.5 Å². The van der Waals surface area contributed by atoms with Crippen LogP contribution in [0.5, 0.6) is 0 Å². The molecule has 3 heterocycles. The van der Waals surface area contributed by atoms with Gasteiger partial charge in [-0.15, -0.1) is 0 Å². The van der Waals surface area contributed by atoms with Crippen molar-refractivity contribution in [3.05, 3.63) is 29.3 Å². The highest BCUT2D eigenvalue weighted by atomic mass is 16.2. The second kappa shape index (κ2) is 6.77. The van der Waals surface area contributed by atoms with Gasteiger partial charge in [0.15, 0.2) is 0 Å². The number of nitrogens with zero attached hydrogens (tertiary/aromatic N) is 2. The van der Waals surface area contributed by atoms with Crippen molar-refractivity contribution in [1.82, 2.24) is 15.5 Å². The van der Waals surface area contributed by atoms with Crippen LogP contribution in [0.1, 0.15) is 46.9 Å². The molecule has 8 nitrogen and oxygen atoms in total. The van der Waals surface area contributed by atoms with Crippen molar-refractivity contribution in [2.45, 2.75) is 38.3 Å². The monoisotopic (exact) mass is 370 g/mol. The minimum absolute atomic E-state index is 0.119. The van der Waals surface area contributed by atoms with Crippen molar-refractivity contribution in [3.63, 3.8) is 0 Å². The number of fused-ring (bicyclic) bond motifs is 1. The number of piperidine rings is 1. The molecular formula is C19H22N4O4. The van der Waals surface area contributed by atoms with Crippen LogP contribution in [0.3, 0.4) is 0 Å². The minimum Gasteiger partial charge on any atom is -0.370 e. The lowest BCUT2D eigenvalue weighted by molar-refractivity contribution is -0.136. The lowest BCUT2D eigenvalue weighted by Crippen LogP contribution is -2.54. The highest BCUT2D eigenvalue weighted by Gasteiger charge is 2.44. The number of rotatable bonds is 2. The van der Waals surface area contributed by atoms with E-state index >= 15 is 0 Å². The molecule has 0 aromatic heterocycles. The molecule has 4 rings (SSSR count). The van der Waals surface area contributed by atoms with Gasteiger partial charge in [0.2, 0.25) is 11.8 Å². The molecule has 3 aliphatic rings. The predicted octanol–water partition coefficient (Wildman–Crippen LogP) is 0.276. The Balaban J connectivity index is 1.60. The number of anilines is 1. The second-order valence-electron chi connectivity index (χ2n) is 7.31. The molecule has 3 aliphatic heterocycles. The Hall–Kier alpha value is -2.74. The summed E-state index contributed by atoms with van der Waals surface area (Å²) in [7, 11) is 0. The number of benzene rings is 1. The van der Waals surface area contributed by atoms with Crippen molar-refractivity contribution in [2.24, 2.45) is 0 Å². The Morgan fingerprint density at radius 1 is 1.00 bits per heavy atom. The summed E-state index contributed by atoms with van der Waals surface area (Å²) < 4.78 is 0. The number of imide groups is 2. The maximum Gasteiger partial charge on any atom is 0.262 e. The first-order valence-electron chi connectivity index (χ1n) is 9.29. The third-order valence-electron chi connectivity index (χ3n) is 5.50. The highest BCUT2D eigenvalue weighted by Crippen LogP contribution is 2.30. The summed E-state index contributed by atoms with van der Waals surface area (Å²) in [5.41, 5.74) is 1.54. The summed E-state index contributed by atoms with van der Waals surface area (Å²) >= 11 is 0. The SMILES string of the molecule is CC1CCN(c2ccc3c(c2)C(=O)N(C2CCC(=O)NC2=O)C3=O)CCN1. The molecule has 0 bridgehead atoms. The van der Waals surface area contributed by atoms with Crippen molar-refractivity contribution >= 4 is 29.3 Å². The van der Waals surface area contributed by atoms with E-state index in [9.17, 15) is 19.2 Å². The van der Waals surface area contributed by atoms with Gasteiger partial charge in [-0.3, -0.25) is 29.4 Å². The summed E-state index contributed by atoms with van der Waals surface area (Å²) in [6.45, 7) is 4.69. The largest absolute Gasteiger partial charge is 0.370 e. The smallest absolute Gasteiger partial charge is 0.262 e. The van der Waals surface area contributed by atoms with Crippen LogP contribution in [0.4, 0.5) is 5.69 Å². The zero-order chi connectivity index (χ0) is 19.1. The maximum absolute atomic E-state index is 12.9. The van der Waals surface area contributed by atoms with Gasteiger partial charge in [-0.1, -0.05) is 0 Å². The van der Waals surface area contributed by atoms with E-state index in [0.29, 0.717) is 17.2 Å². The van der Waals surface area contributed by atoms with Crippen LogP contribution in [0.15, 0.2) is 18.2 Å². The Morgan fingerprint density at radius 3 is 2.56 bits per heavy atom. The van der Waals surface area contributed by atoms with E-state index in [4.69, 9.17) is 0 Å². The van der Waals surface area contributed by atoms with Gasteiger partial charge in [0, 0.05) is 37.8 Å². The van der Waals surface area contributed by atoms with Gasteiger partial charge in [-0.05, 0) is 38.0 Å². The van der Waals surface area contributed by atoms with Crippen LogP contribution < -0.4 is 15.5 Å². The van der Waals surface area contributed by atoms with Crippen LogP contribution in [-0.2, 0) is 9.59 Å². The first kappa shape index (κ1) is 17.7. The number of carbonyl (C=O) groups excluding carboxylic acids is 4. The van der Waals surface area contributed by atoms with Gasteiger partial charge >= 0.3 is 0 Å². The fourth-order valence-corrected chi connectivity index (χ4v) is 3.92. The Labute approximate surface area is 156 Å². The van der Waals surface area contributed by atoms with Gasteiger partial charge in [0.1, 0.15) is 6.04 Å². The third kappa shape index (κ3) is 3.10. The number of amides is 4. The van der Waals surface area contributed by atoms with Gasteiger partial charge < -0.3 is 10.2 Å². The molecule has 27 heavy (non-hydrogen) atoms. The van der Waals surface area contributed by atoms with E-state index in [1.54, 1.807) is 12.1 Å². The average molecular weight is 370 g/mol. The normalized spacial score (nSPS) is 26.1. The number of nitrogens with one attached hydrogen (secondary N) is 2. The summed E-state index contributed by atoms with van der Waals surface area (Å²) in [5.74, 6) is -1.90. The highest BCUT2D eigenvalue weighted by molar-refractivity contribution is 6.23. The van der Waals surface area contributed by atoms with Crippen molar-refractivity contribution in [3.8, 4) is 0 Å². The lowest BCUT2D eigenvalue weighted by Gasteiger charge is -2.27. The van der Waals surface area contributed by atoms with Gasteiger partial charge in [-0.25, -0.2) is 0 Å². The molecule has 1 aromatic rings. The van der Waals surface area contributed by atoms with E-state index < -0.39 is 23.8 Å². The molecule has 142 valence electrons. The number of hydrogen-bond donors (Lipinski definition) is 2. The molecule has 0 saturated carbocycles. The summed E-state index contributed by atoms with van der Waals surface area (Å²) in [6, 6.07) is 4.78. The molecule has 0 spiro atoms. The predicted molar refractivity (Wildman–Crippen MR) is 97.4 cm³/mol. The second-order valence-corrected chi connectivity index (χ2v) is 7.31. The fraction of sp³-hybridized carbons (Fsp3) is 0.474. The Morgan fingerprint density at radius 2 is 1.78 bits per heavy atom. The minimum atomic E-state index is -0.929. The Kier molecular flexibility index (Phi) is 4.43. The van der Waals surface area contributed by atoms with Crippen LogP contribution in [-0.4, -0.2) is 60.2 Å². The Bertz CT molecular complexity index is 837. The lowest BCUT2D eigenvalue weighted by atomic mass is 10.0. The van der Waals surface area contributed by atoms with E-state index in [1.807, 2.05) is 6.07 Å². The van der Waals surface area contributed by atoms with E-state index in [-0.39, 0.29) is 18.7 Å². The average Bonchev–Trinajstić information content (AvgIpc) is 2.78. The van der Waals surface area contributed by atoms with Crippen molar-refractivity contribution in [1.29, 1.82) is 0 Å². The zero-order valence-electron chi connectivity index (χ0n) is 15.2. The topological polar surface area (TPSA) is 98.8 Å². The fourth-order valence-electron chi connectivity index (χ4n) is 3.92. The van der Waals surface area contributed by atoms with E-state index in [0.717, 1.165) is 36.6 Å². The first-order valence-corrected chi connectivity index (χ1v) is 9.29. The summed E-state index contributed by atoms with van der Waals surface area (Å²) in [4.78, 5) is 52.3. The van der Waals surface area contributed by atoms with Crippen LogP contribution in [0, 0.1) is 0 Å². The summed E-state index contributed by atoms with van der Waals surface area (Å²) in [6.07, 6.45) is 1.28. The molecular weight excluding hydrogens is 348 g/mol. The van der Waals surface area contributed by atoms with Crippen LogP contribution >= 0.6 is 0 Å². The number of carbonyl (C=O) groups is 4. The molecule has 1 aromatic carbocycles. The maximum atomic E-state index is 12.9. The standard InChI is InChI=1S/C19H22N4O4/c1-11-6-8-22(9-7-20-11)12-2-3-13-14(10-12)19(27)23(18(13)26)15-4-5-16(24)21-17(15)25/h2-3,10-11,15,20H,4-9H2,1H3,(H,21,24,25). The van der Waals surface area contributed by atoms with Gasteiger partial charge in [0.25, 0.3) is 11.8 Å². The number of hydrogen-bond acceptors (Lipinski definition) is 6. The molecule has 2 N–H and O–H groups in total. The third-order valence-corrected chi connectivity index (χ3v) is 5.50. The molecule has 2 saturated heterocycles. The molecule has 0 radical (unpaired) electrons. The van der Waals surface area contributed by atoms with Crippen molar-refractivity contribution < 1.29 is 19.2 Å². The van der Waals surface area contributed by atoms with Gasteiger partial charge in [-0.2, -0.15) is 0 Å². The zero-order valence-corrected chi connectivity index (χ0v) is 15.2. The van der Waals surface area contributed by atoms with Crippen molar-refractivity contribution in [2.75, 3.05) is 24.5 Å². The molecule has 2 atom stereocenters. The quantitative estimate of drug-likeness (QED) is 0.726. The van der Waals surface area contributed by atoms with E-state index in [1.165, 1.54) is 0 Å². The van der Waals surface area contributed by atoms with Crippen LogP contribution in [0.2, 0.25) is 0 Å². The van der Waals surface area contributed by atoms with Crippen LogP contribution in [0.25, 0.3) is 0 Å². The molecule has 4 amide bonds. The van der Waals surface area contributed by atoms with Gasteiger partial charge in [0.05, 0.1) is 11.1 Å².